The van der Waals surface area contributed by atoms with Crippen LogP contribution in [0.3, 0.4) is 0 Å². The van der Waals surface area contributed by atoms with Crippen LogP contribution in [0.4, 0.5) is 5.00 Å². The molecule has 0 spiro atoms. The van der Waals surface area contributed by atoms with E-state index >= 15 is 0 Å². The van der Waals surface area contributed by atoms with Crippen LogP contribution in [-0.2, 0) is 4.74 Å². The molecule has 0 aliphatic rings. The van der Waals surface area contributed by atoms with Crippen LogP contribution in [0.1, 0.15) is 27.6 Å². The quantitative estimate of drug-likeness (QED) is 0.393. The largest absolute Gasteiger partial charge is 0.462 e. The lowest BCUT2D eigenvalue weighted by atomic mass is 10.0. The molecule has 0 atom stereocenters. The molecule has 4 rings (SSSR count). The molecular formula is C21H16N2O4S. The molecule has 0 aliphatic heterocycles. The van der Waals surface area contributed by atoms with Gasteiger partial charge in [-0.15, -0.1) is 11.3 Å². The summed E-state index contributed by atoms with van der Waals surface area (Å²) in [6.45, 7) is 1.96. The molecule has 2 aromatic heterocycles. The zero-order valence-electron chi connectivity index (χ0n) is 14.9. The highest BCUT2D eigenvalue weighted by Gasteiger charge is 2.19. The number of carbonyl (C=O) groups excluding carboxylic acids is 2. The maximum Gasteiger partial charge on any atom is 0.341 e. The first kappa shape index (κ1) is 17.9. The molecular weight excluding hydrogens is 376 g/mol. The number of anilines is 1. The van der Waals surface area contributed by atoms with Gasteiger partial charge in [0.1, 0.15) is 16.1 Å². The molecule has 2 N–H and O–H groups in total. The monoisotopic (exact) mass is 392 g/mol. The molecule has 7 heteroatoms. The van der Waals surface area contributed by atoms with Crippen LogP contribution in [0.15, 0.2) is 58.3 Å². The van der Waals surface area contributed by atoms with Crippen molar-refractivity contribution >= 4 is 50.0 Å². The third-order valence-electron chi connectivity index (χ3n) is 4.31. The van der Waals surface area contributed by atoms with Gasteiger partial charge in [-0.3, -0.25) is 10.2 Å². The molecule has 0 bridgehead atoms. The topological polar surface area (TPSA) is 92.4 Å². The molecule has 0 radical (unpaired) electrons. The lowest BCUT2D eigenvalue weighted by molar-refractivity contribution is 0.0528. The Hall–Kier alpha value is -3.45. The van der Waals surface area contributed by atoms with E-state index in [0.717, 1.165) is 16.2 Å². The van der Waals surface area contributed by atoms with Crippen LogP contribution in [0, 0.1) is 5.41 Å². The van der Waals surface area contributed by atoms with E-state index in [9.17, 15) is 9.59 Å². The number of hydrogen-bond acceptors (Lipinski definition) is 6. The number of rotatable bonds is 4. The number of amides is 1. The van der Waals surface area contributed by atoms with E-state index < -0.39 is 11.9 Å². The normalized spacial score (nSPS) is 10.9. The van der Waals surface area contributed by atoms with Crippen LogP contribution in [0.25, 0.3) is 21.7 Å². The molecule has 6 nitrogen and oxygen atoms in total. The first-order valence-electron chi connectivity index (χ1n) is 8.64. The SMILES string of the molecule is CCOC(=O)c1ccsc1NC(=O)c1cc2c(ccc3ccccc32)oc1=N. The van der Waals surface area contributed by atoms with E-state index in [1.54, 1.807) is 30.5 Å². The maximum absolute atomic E-state index is 12.8. The molecule has 2 aromatic carbocycles. The fourth-order valence-electron chi connectivity index (χ4n) is 3.00. The van der Waals surface area contributed by atoms with Crippen molar-refractivity contribution in [3.63, 3.8) is 0 Å². The average Bonchev–Trinajstić information content (AvgIpc) is 3.15. The Morgan fingerprint density at radius 3 is 2.75 bits per heavy atom. The Balaban J connectivity index is 1.75. The summed E-state index contributed by atoms with van der Waals surface area (Å²) in [5, 5.41) is 15.6. The Morgan fingerprint density at radius 1 is 1.11 bits per heavy atom. The molecule has 2 heterocycles. The smallest absolute Gasteiger partial charge is 0.341 e. The van der Waals surface area contributed by atoms with Gasteiger partial charge in [0.2, 0.25) is 5.55 Å². The molecule has 4 aromatic rings. The number of thiophene rings is 1. The first-order chi connectivity index (χ1) is 13.6. The van der Waals surface area contributed by atoms with E-state index in [1.165, 1.54) is 11.3 Å². The highest BCUT2D eigenvalue weighted by Crippen LogP contribution is 2.27. The van der Waals surface area contributed by atoms with E-state index in [1.807, 2.05) is 30.3 Å². The van der Waals surface area contributed by atoms with Crippen molar-refractivity contribution in [1.82, 2.24) is 0 Å². The lowest BCUT2D eigenvalue weighted by Crippen LogP contribution is -2.21. The Bertz CT molecular complexity index is 1270. The van der Waals surface area contributed by atoms with E-state index in [4.69, 9.17) is 14.6 Å². The highest BCUT2D eigenvalue weighted by atomic mass is 32.1. The number of fused-ring (bicyclic) bond motifs is 3. The van der Waals surface area contributed by atoms with Gasteiger partial charge in [0.15, 0.2) is 0 Å². The first-order valence-corrected chi connectivity index (χ1v) is 9.52. The third kappa shape index (κ3) is 3.16. The standard InChI is InChI=1S/C21H16N2O4S/c1-2-26-21(25)14-9-10-28-20(14)23-19(24)16-11-15-13-6-4-3-5-12(13)7-8-17(15)27-18(16)22/h3-11,22H,2H2,1H3,(H,23,24). The molecule has 28 heavy (non-hydrogen) atoms. The Morgan fingerprint density at radius 2 is 1.93 bits per heavy atom. The molecule has 0 saturated carbocycles. The summed E-state index contributed by atoms with van der Waals surface area (Å²) in [7, 11) is 0. The van der Waals surface area contributed by atoms with Crippen molar-refractivity contribution in [2.24, 2.45) is 0 Å². The average molecular weight is 392 g/mol. The summed E-state index contributed by atoms with van der Waals surface area (Å²) in [6.07, 6.45) is 0. The van der Waals surface area contributed by atoms with Gasteiger partial charge in [0.05, 0.1) is 12.2 Å². The van der Waals surface area contributed by atoms with E-state index in [-0.39, 0.29) is 23.3 Å². The van der Waals surface area contributed by atoms with Crippen LogP contribution in [0.5, 0.6) is 0 Å². The van der Waals surface area contributed by atoms with Crippen LogP contribution in [-0.4, -0.2) is 18.5 Å². The van der Waals surface area contributed by atoms with Crippen LogP contribution >= 0.6 is 11.3 Å². The fourth-order valence-corrected chi connectivity index (χ4v) is 3.77. The van der Waals surface area contributed by atoms with Gasteiger partial charge in [-0.25, -0.2) is 4.79 Å². The van der Waals surface area contributed by atoms with Crippen molar-refractivity contribution in [1.29, 1.82) is 5.41 Å². The Kier molecular flexibility index (Phi) is 4.67. The predicted molar refractivity (Wildman–Crippen MR) is 108 cm³/mol. The minimum Gasteiger partial charge on any atom is -0.462 e. The van der Waals surface area contributed by atoms with Crippen molar-refractivity contribution in [3.8, 4) is 0 Å². The number of carbonyl (C=O) groups is 2. The second kappa shape index (κ2) is 7.28. The molecule has 0 aliphatic carbocycles. The van der Waals surface area contributed by atoms with Gasteiger partial charge in [0.25, 0.3) is 5.91 Å². The second-order valence-corrected chi connectivity index (χ2v) is 6.94. The van der Waals surface area contributed by atoms with Crippen LogP contribution in [0.2, 0.25) is 0 Å². The highest BCUT2D eigenvalue weighted by molar-refractivity contribution is 7.14. The van der Waals surface area contributed by atoms with Crippen molar-refractivity contribution in [2.45, 2.75) is 6.92 Å². The van der Waals surface area contributed by atoms with Gasteiger partial charge in [-0.05, 0) is 41.3 Å². The van der Waals surface area contributed by atoms with Crippen LogP contribution < -0.4 is 10.9 Å². The molecule has 1 amide bonds. The van der Waals surface area contributed by atoms with Crippen molar-refractivity contribution in [2.75, 3.05) is 11.9 Å². The Labute approximate surface area is 163 Å². The molecule has 140 valence electrons. The minimum absolute atomic E-state index is 0.0899. The summed E-state index contributed by atoms with van der Waals surface area (Å²) in [5.74, 6) is -1.02. The number of benzene rings is 2. The third-order valence-corrected chi connectivity index (χ3v) is 5.14. The zero-order valence-corrected chi connectivity index (χ0v) is 15.8. The summed E-state index contributed by atoms with van der Waals surface area (Å²) in [5.41, 5.74) is 0.667. The maximum atomic E-state index is 12.8. The van der Waals surface area contributed by atoms with Gasteiger partial charge >= 0.3 is 5.97 Å². The van der Waals surface area contributed by atoms with E-state index in [2.05, 4.69) is 5.32 Å². The lowest BCUT2D eigenvalue weighted by Gasteiger charge is -2.08. The number of hydrogen-bond donors (Lipinski definition) is 2. The van der Waals surface area contributed by atoms with Gasteiger partial charge < -0.3 is 14.5 Å². The van der Waals surface area contributed by atoms with Gasteiger partial charge in [-0.2, -0.15) is 0 Å². The summed E-state index contributed by atoms with van der Waals surface area (Å²) < 4.78 is 10.6. The number of ether oxygens (including phenoxy) is 1. The molecule has 0 saturated heterocycles. The fraction of sp³-hybridized carbons (Fsp3) is 0.0952. The molecule has 0 unspecified atom stereocenters. The minimum atomic E-state index is -0.517. The molecule has 0 fully saturated rings. The summed E-state index contributed by atoms with van der Waals surface area (Å²) in [6, 6.07) is 14.7. The van der Waals surface area contributed by atoms with Crippen molar-refractivity contribution < 1.29 is 18.7 Å². The van der Waals surface area contributed by atoms with Gasteiger partial charge in [0, 0.05) is 5.39 Å². The van der Waals surface area contributed by atoms with Gasteiger partial charge in [-0.1, -0.05) is 30.3 Å². The number of esters is 1. The summed E-state index contributed by atoms with van der Waals surface area (Å²) in [4.78, 5) is 24.8. The summed E-state index contributed by atoms with van der Waals surface area (Å²) >= 11 is 1.21. The second-order valence-electron chi connectivity index (χ2n) is 6.03. The zero-order chi connectivity index (χ0) is 19.7. The predicted octanol–water partition coefficient (Wildman–Crippen LogP) is 4.56. The van der Waals surface area contributed by atoms with Crippen molar-refractivity contribution in [3.05, 3.63) is 70.6 Å². The number of nitrogens with one attached hydrogen (secondary N) is 2. The van der Waals surface area contributed by atoms with E-state index in [0.29, 0.717) is 10.6 Å².